The summed E-state index contributed by atoms with van der Waals surface area (Å²) in [4.78, 5) is 13.6. The number of hydrogen-bond acceptors (Lipinski definition) is 2. The number of likely N-dealkylation sites (tertiary alicyclic amines) is 1. The van der Waals surface area contributed by atoms with Gasteiger partial charge in [0.25, 0.3) is 0 Å². The lowest BCUT2D eigenvalue weighted by Crippen LogP contribution is -2.37. The highest BCUT2D eigenvalue weighted by Crippen LogP contribution is 2.33. The highest BCUT2D eigenvalue weighted by atomic mass is 19.1. The molecule has 0 bridgehead atoms. The maximum Gasteiger partial charge on any atom is 0.225 e. The number of rotatable bonds is 2. The van der Waals surface area contributed by atoms with E-state index in [-0.39, 0.29) is 29.8 Å². The van der Waals surface area contributed by atoms with Crippen molar-refractivity contribution in [1.29, 1.82) is 0 Å². The lowest BCUT2D eigenvalue weighted by Gasteiger charge is -2.30. The van der Waals surface area contributed by atoms with E-state index < -0.39 is 0 Å². The van der Waals surface area contributed by atoms with Crippen molar-refractivity contribution in [2.24, 2.45) is 5.73 Å². The predicted octanol–water partition coefficient (Wildman–Crippen LogP) is 1.83. The predicted molar refractivity (Wildman–Crippen MR) is 63.7 cm³/mol. The smallest absolute Gasteiger partial charge is 0.225 e. The molecule has 17 heavy (non-hydrogen) atoms. The number of carbonyl (C=O) groups excluding carboxylic acids is 1. The number of carbonyl (C=O) groups is 1. The molecule has 1 saturated heterocycles. The van der Waals surface area contributed by atoms with Crippen LogP contribution >= 0.6 is 0 Å². The zero-order valence-corrected chi connectivity index (χ0v) is 10.1. The van der Waals surface area contributed by atoms with Gasteiger partial charge in [0.1, 0.15) is 5.82 Å². The van der Waals surface area contributed by atoms with Gasteiger partial charge in [0.2, 0.25) is 5.91 Å². The number of nitrogens with zero attached hydrogens (tertiary/aromatic N) is 1. The van der Waals surface area contributed by atoms with Gasteiger partial charge in [-0.3, -0.25) is 4.79 Å². The average molecular weight is 236 g/mol. The first-order valence-corrected chi connectivity index (χ1v) is 5.83. The molecule has 1 aromatic carbocycles. The second kappa shape index (κ2) is 4.45. The fraction of sp³-hybridized carbons (Fsp3) is 0.462. The molecule has 1 aliphatic heterocycles. The van der Waals surface area contributed by atoms with Gasteiger partial charge in [-0.05, 0) is 31.5 Å². The maximum atomic E-state index is 13.2. The first-order chi connectivity index (χ1) is 8.00. The number of hydrogen-bond donors (Lipinski definition) is 1. The molecule has 2 N–H and O–H groups in total. The third-order valence-corrected chi connectivity index (χ3v) is 3.15. The van der Waals surface area contributed by atoms with Crippen LogP contribution in [-0.2, 0) is 4.79 Å². The Morgan fingerprint density at radius 3 is 2.76 bits per heavy atom. The molecule has 1 amide bonds. The molecule has 3 nitrogen and oxygen atoms in total. The van der Waals surface area contributed by atoms with Crippen molar-refractivity contribution in [3.05, 3.63) is 35.6 Å². The number of nitrogens with two attached hydrogens (primary N) is 1. The van der Waals surface area contributed by atoms with Gasteiger partial charge in [0.05, 0.1) is 6.04 Å². The summed E-state index contributed by atoms with van der Waals surface area (Å²) in [5.74, 6) is -0.250. The van der Waals surface area contributed by atoms with Crippen LogP contribution in [0.25, 0.3) is 0 Å². The first kappa shape index (κ1) is 12.0. The standard InChI is InChI=1S/C13H17FN2O/c1-8(2)16-12(17)7-11(15)13(16)9-4-3-5-10(14)6-9/h3-6,8,11,13H,7,15H2,1-2H3/t11-,13+/m0/s1. The molecular weight excluding hydrogens is 219 g/mol. The highest BCUT2D eigenvalue weighted by molar-refractivity contribution is 5.80. The largest absolute Gasteiger partial charge is 0.332 e. The molecule has 0 saturated carbocycles. The van der Waals surface area contributed by atoms with E-state index in [0.29, 0.717) is 6.42 Å². The molecule has 1 heterocycles. The van der Waals surface area contributed by atoms with Gasteiger partial charge in [0.15, 0.2) is 0 Å². The van der Waals surface area contributed by atoms with E-state index in [1.807, 2.05) is 19.9 Å². The topological polar surface area (TPSA) is 46.3 Å². The fourth-order valence-corrected chi connectivity index (χ4v) is 2.49. The van der Waals surface area contributed by atoms with Crippen LogP contribution in [0, 0.1) is 5.82 Å². The van der Waals surface area contributed by atoms with E-state index in [0.717, 1.165) is 5.56 Å². The van der Waals surface area contributed by atoms with Crippen molar-refractivity contribution in [1.82, 2.24) is 4.90 Å². The Morgan fingerprint density at radius 1 is 1.47 bits per heavy atom. The van der Waals surface area contributed by atoms with Gasteiger partial charge in [-0.2, -0.15) is 0 Å². The third-order valence-electron chi connectivity index (χ3n) is 3.15. The Labute approximate surface area is 100 Å². The summed E-state index contributed by atoms with van der Waals surface area (Å²) >= 11 is 0. The van der Waals surface area contributed by atoms with Crippen LogP contribution in [0.4, 0.5) is 4.39 Å². The quantitative estimate of drug-likeness (QED) is 0.851. The molecule has 2 atom stereocenters. The van der Waals surface area contributed by atoms with Gasteiger partial charge in [-0.25, -0.2) is 4.39 Å². The average Bonchev–Trinajstić information content (AvgIpc) is 2.53. The summed E-state index contributed by atoms with van der Waals surface area (Å²) in [6, 6.07) is 5.93. The summed E-state index contributed by atoms with van der Waals surface area (Å²) < 4.78 is 13.2. The van der Waals surface area contributed by atoms with Crippen LogP contribution < -0.4 is 5.73 Å². The molecule has 0 spiro atoms. The molecule has 1 fully saturated rings. The van der Waals surface area contributed by atoms with Crippen molar-refractivity contribution in [3.8, 4) is 0 Å². The van der Waals surface area contributed by atoms with E-state index in [2.05, 4.69) is 0 Å². The van der Waals surface area contributed by atoms with Crippen molar-refractivity contribution in [2.45, 2.75) is 38.4 Å². The molecule has 92 valence electrons. The Bertz CT molecular complexity index is 433. The Kier molecular flexibility index (Phi) is 3.15. The molecule has 0 unspecified atom stereocenters. The Morgan fingerprint density at radius 2 is 2.18 bits per heavy atom. The summed E-state index contributed by atoms with van der Waals surface area (Å²) in [5, 5.41) is 0. The lowest BCUT2D eigenvalue weighted by atomic mass is 10.00. The maximum absolute atomic E-state index is 13.2. The SMILES string of the molecule is CC(C)N1C(=O)C[C@H](N)[C@H]1c1cccc(F)c1. The second-order valence-electron chi connectivity index (χ2n) is 4.76. The summed E-state index contributed by atoms with van der Waals surface area (Å²) in [6.07, 6.45) is 0.333. The first-order valence-electron chi connectivity index (χ1n) is 5.83. The molecular formula is C13H17FN2O. The number of amides is 1. The van der Waals surface area contributed by atoms with E-state index in [4.69, 9.17) is 5.73 Å². The Hall–Kier alpha value is -1.42. The number of benzene rings is 1. The fourth-order valence-electron chi connectivity index (χ4n) is 2.49. The van der Waals surface area contributed by atoms with Gasteiger partial charge in [-0.15, -0.1) is 0 Å². The highest BCUT2D eigenvalue weighted by Gasteiger charge is 2.39. The Balaban J connectivity index is 2.38. The monoisotopic (exact) mass is 236 g/mol. The number of halogens is 1. The van der Waals surface area contributed by atoms with Gasteiger partial charge in [0, 0.05) is 18.5 Å². The van der Waals surface area contributed by atoms with E-state index in [1.165, 1.54) is 12.1 Å². The molecule has 4 heteroatoms. The minimum Gasteiger partial charge on any atom is -0.332 e. The minimum atomic E-state index is -0.294. The second-order valence-corrected chi connectivity index (χ2v) is 4.76. The van der Waals surface area contributed by atoms with E-state index in [9.17, 15) is 9.18 Å². The molecule has 0 aromatic heterocycles. The van der Waals surface area contributed by atoms with Crippen LogP contribution in [0.3, 0.4) is 0 Å². The summed E-state index contributed by atoms with van der Waals surface area (Å²) in [6.45, 7) is 3.89. The van der Waals surface area contributed by atoms with Crippen molar-refractivity contribution < 1.29 is 9.18 Å². The summed E-state index contributed by atoms with van der Waals surface area (Å²) in [5.41, 5.74) is 6.77. The molecule has 1 aromatic rings. The van der Waals surface area contributed by atoms with Crippen molar-refractivity contribution in [3.63, 3.8) is 0 Å². The zero-order valence-electron chi connectivity index (χ0n) is 10.1. The lowest BCUT2D eigenvalue weighted by molar-refractivity contribution is -0.130. The van der Waals surface area contributed by atoms with Gasteiger partial charge < -0.3 is 10.6 Å². The zero-order chi connectivity index (χ0) is 12.6. The van der Waals surface area contributed by atoms with Crippen LogP contribution in [0.1, 0.15) is 31.9 Å². The molecule has 0 radical (unpaired) electrons. The van der Waals surface area contributed by atoms with Crippen LogP contribution in [0.5, 0.6) is 0 Å². The van der Waals surface area contributed by atoms with Gasteiger partial charge >= 0.3 is 0 Å². The van der Waals surface area contributed by atoms with E-state index in [1.54, 1.807) is 11.0 Å². The van der Waals surface area contributed by atoms with Crippen molar-refractivity contribution in [2.75, 3.05) is 0 Å². The molecule has 2 rings (SSSR count). The molecule has 0 aliphatic carbocycles. The van der Waals surface area contributed by atoms with Crippen LogP contribution in [0.15, 0.2) is 24.3 Å². The van der Waals surface area contributed by atoms with Crippen molar-refractivity contribution >= 4 is 5.91 Å². The molecule has 1 aliphatic rings. The van der Waals surface area contributed by atoms with Crippen LogP contribution in [0.2, 0.25) is 0 Å². The van der Waals surface area contributed by atoms with Crippen LogP contribution in [-0.4, -0.2) is 22.9 Å². The normalized spacial score (nSPS) is 24.8. The van der Waals surface area contributed by atoms with E-state index >= 15 is 0 Å². The minimum absolute atomic E-state index is 0.0433. The third kappa shape index (κ3) is 2.17. The summed E-state index contributed by atoms with van der Waals surface area (Å²) in [7, 11) is 0. The van der Waals surface area contributed by atoms with Gasteiger partial charge in [-0.1, -0.05) is 12.1 Å².